The maximum absolute atomic E-state index is 12.5. The van der Waals surface area contributed by atoms with Gasteiger partial charge in [0, 0.05) is 6.42 Å². The summed E-state index contributed by atoms with van der Waals surface area (Å²) in [6, 6.07) is -0.656. The topological polar surface area (TPSA) is 69.6 Å². The van der Waals surface area contributed by atoms with Crippen LogP contribution in [0, 0.1) is 0 Å². The number of rotatable bonds is 49. The Morgan fingerprint density at radius 1 is 0.385 bits per heavy atom. The van der Waals surface area contributed by atoms with Crippen molar-refractivity contribution in [3.63, 3.8) is 0 Å². The molecule has 3 N–H and O–H groups in total. The van der Waals surface area contributed by atoms with Crippen molar-refractivity contribution in [2.75, 3.05) is 6.61 Å². The van der Waals surface area contributed by atoms with Gasteiger partial charge in [0.25, 0.3) is 0 Å². The van der Waals surface area contributed by atoms with E-state index in [1.807, 2.05) is 6.08 Å². The highest BCUT2D eigenvalue weighted by molar-refractivity contribution is 5.76. The number of amides is 1. The number of hydrogen-bond acceptors (Lipinski definition) is 3. The fourth-order valence-corrected chi connectivity index (χ4v) is 7.80. The number of aliphatic hydroxyl groups excluding tert-OH is 2. The van der Waals surface area contributed by atoms with Gasteiger partial charge in [0.1, 0.15) is 0 Å². The molecule has 372 valence electrons. The van der Waals surface area contributed by atoms with Crippen LogP contribution >= 0.6 is 0 Å². The Morgan fingerprint density at radius 3 is 1.08 bits per heavy atom. The van der Waals surface area contributed by atoms with E-state index in [1.165, 1.54) is 148 Å². The summed E-state index contributed by atoms with van der Waals surface area (Å²) in [5.74, 6) is -0.0860. The Morgan fingerprint density at radius 2 is 0.692 bits per heavy atom. The third kappa shape index (κ3) is 51.9. The molecule has 0 aromatic heterocycles. The van der Waals surface area contributed by atoms with Crippen molar-refractivity contribution in [3.8, 4) is 0 Å². The van der Waals surface area contributed by atoms with E-state index in [1.54, 1.807) is 6.08 Å². The number of carbonyl (C=O) groups excluding carboxylic acids is 1. The van der Waals surface area contributed by atoms with Crippen molar-refractivity contribution in [2.45, 2.75) is 264 Å². The third-order valence-corrected chi connectivity index (χ3v) is 12.0. The molecule has 0 aliphatic rings. The van der Waals surface area contributed by atoms with Crippen molar-refractivity contribution in [3.05, 3.63) is 109 Å². The molecule has 0 rings (SSSR count). The highest BCUT2D eigenvalue weighted by Gasteiger charge is 2.17. The monoisotopic (exact) mass is 900 g/mol. The second kappa shape index (κ2) is 55.4. The van der Waals surface area contributed by atoms with Crippen molar-refractivity contribution < 1.29 is 15.0 Å². The summed E-state index contributed by atoms with van der Waals surface area (Å²) in [5, 5.41) is 23.1. The number of nitrogens with one attached hydrogen (secondary N) is 1. The number of carbonyl (C=O) groups is 1. The molecule has 0 saturated heterocycles. The minimum absolute atomic E-state index is 0.0860. The molecule has 0 aromatic carbocycles. The fourth-order valence-electron chi connectivity index (χ4n) is 7.80. The molecule has 4 nitrogen and oxygen atoms in total. The molecule has 0 radical (unpaired) electrons. The third-order valence-electron chi connectivity index (χ3n) is 12.0. The lowest BCUT2D eigenvalue weighted by molar-refractivity contribution is -0.123. The van der Waals surface area contributed by atoms with Gasteiger partial charge in [0.2, 0.25) is 5.91 Å². The molecule has 0 aliphatic carbocycles. The molecule has 65 heavy (non-hydrogen) atoms. The Bertz CT molecular complexity index is 1250. The summed E-state index contributed by atoms with van der Waals surface area (Å²) in [5.41, 5.74) is 0. The lowest BCUT2D eigenvalue weighted by Gasteiger charge is -2.19. The maximum Gasteiger partial charge on any atom is 0.220 e. The second-order valence-electron chi connectivity index (χ2n) is 18.2. The van der Waals surface area contributed by atoms with Crippen molar-refractivity contribution in [1.29, 1.82) is 0 Å². The summed E-state index contributed by atoms with van der Waals surface area (Å²) in [7, 11) is 0. The van der Waals surface area contributed by atoms with Gasteiger partial charge in [-0.2, -0.15) is 0 Å². The van der Waals surface area contributed by atoms with Gasteiger partial charge < -0.3 is 15.5 Å². The molecule has 0 heterocycles. The smallest absolute Gasteiger partial charge is 0.220 e. The van der Waals surface area contributed by atoms with Crippen LogP contribution in [0.5, 0.6) is 0 Å². The summed E-state index contributed by atoms with van der Waals surface area (Å²) >= 11 is 0. The van der Waals surface area contributed by atoms with E-state index in [0.29, 0.717) is 6.42 Å². The Labute approximate surface area is 404 Å². The molecule has 0 spiro atoms. The molecule has 0 bridgehead atoms. The van der Waals surface area contributed by atoms with Gasteiger partial charge in [-0.3, -0.25) is 4.79 Å². The zero-order valence-corrected chi connectivity index (χ0v) is 42.7. The van der Waals surface area contributed by atoms with Gasteiger partial charge in [0.15, 0.2) is 0 Å². The number of aliphatic hydroxyl groups is 2. The van der Waals surface area contributed by atoms with Crippen LogP contribution in [0.4, 0.5) is 0 Å². The van der Waals surface area contributed by atoms with Crippen molar-refractivity contribution >= 4 is 5.91 Å². The fraction of sp³-hybridized carbons (Fsp3) is 0.689. The first-order chi connectivity index (χ1) is 32.2. The number of hydrogen-bond donors (Lipinski definition) is 3. The van der Waals surface area contributed by atoms with E-state index in [2.05, 4.69) is 116 Å². The molecule has 0 aromatic rings. The molecular formula is C61H105NO3. The number of unbranched alkanes of at least 4 members (excludes halogenated alkanes) is 26. The summed E-state index contributed by atoms with van der Waals surface area (Å²) < 4.78 is 0. The Balaban J connectivity index is 3.63. The van der Waals surface area contributed by atoms with Gasteiger partial charge in [0.05, 0.1) is 18.8 Å². The van der Waals surface area contributed by atoms with E-state index in [-0.39, 0.29) is 12.5 Å². The standard InChI is InChI=1S/C61H105NO3/c1-3-5-7-9-11-13-15-17-19-21-23-25-27-29-30-31-32-33-35-37-39-41-43-45-47-49-51-53-55-57-61(65)62-59(58-63)60(64)56-54-52-50-48-46-44-42-40-38-36-34-28-26-24-22-20-18-16-14-12-10-8-6-4-2/h5,7,11,13,17,19,23,25,29-30,32-33,38,40,46,48,54,56,59-60,63-64H,3-4,6,8-10,12,14-16,18,20-22,24,26-28,31,34-37,39,41-45,47,49-53,55,57-58H2,1-2H3,(H,62,65)/b7-5-,13-11-,19-17-,25-23-,30-29-,33-32-,40-38+,48-46+,56-54+. The number of allylic oxidation sites excluding steroid dienone is 17. The largest absolute Gasteiger partial charge is 0.394 e. The van der Waals surface area contributed by atoms with Crippen LogP contribution in [0.1, 0.15) is 251 Å². The van der Waals surface area contributed by atoms with E-state index in [0.717, 1.165) is 83.5 Å². The van der Waals surface area contributed by atoms with Gasteiger partial charge in [-0.05, 0) is 96.3 Å². The van der Waals surface area contributed by atoms with Gasteiger partial charge in [-0.25, -0.2) is 0 Å². The van der Waals surface area contributed by atoms with Crippen LogP contribution in [-0.2, 0) is 4.79 Å². The maximum atomic E-state index is 12.5. The lowest BCUT2D eigenvalue weighted by Crippen LogP contribution is -2.45. The van der Waals surface area contributed by atoms with Crippen LogP contribution in [-0.4, -0.2) is 34.9 Å². The predicted molar refractivity (Wildman–Crippen MR) is 289 cm³/mol. The summed E-state index contributed by atoms with van der Waals surface area (Å²) in [4.78, 5) is 12.5. The van der Waals surface area contributed by atoms with Crippen molar-refractivity contribution in [2.24, 2.45) is 0 Å². The Hall–Kier alpha value is -2.95. The first kappa shape index (κ1) is 62.1. The van der Waals surface area contributed by atoms with Crippen LogP contribution in [0.2, 0.25) is 0 Å². The Kier molecular flexibility index (Phi) is 52.9. The zero-order chi connectivity index (χ0) is 47.0. The molecule has 0 aliphatic heterocycles. The van der Waals surface area contributed by atoms with Crippen molar-refractivity contribution in [1.82, 2.24) is 5.32 Å². The average molecular weight is 901 g/mol. The molecule has 4 heteroatoms. The summed E-state index contributed by atoms with van der Waals surface area (Å²) in [6.07, 6.45) is 83.8. The minimum atomic E-state index is -0.880. The molecule has 2 unspecified atom stereocenters. The predicted octanol–water partition coefficient (Wildman–Crippen LogP) is 18.3. The van der Waals surface area contributed by atoms with Gasteiger partial charge in [-0.15, -0.1) is 0 Å². The zero-order valence-electron chi connectivity index (χ0n) is 42.7. The molecule has 0 saturated carbocycles. The van der Waals surface area contributed by atoms with Crippen LogP contribution in [0.15, 0.2) is 109 Å². The first-order valence-corrected chi connectivity index (χ1v) is 27.6. The van der Waals surface area contributed by atoms with E-state index in [9.17, 15) is 15.0 Å². The van der Waals surface area contributed by atoms with Gasteiger partial charge in [-0.1, -0.05) is 258 Å². The molecule has 0 fully saturated rings. The summed E-state index contributed by atoms with van der Waals surface area (Å²) in [6.45, 7) is 4.18. The van der Waals surface area contributed by atoms with E-state index in [4.69, 9.17) is 0 Å². The first-order valence-electron chi connectivity index (χ1n) is 27.6. The normalized spacial score (nSPS) is 13.7. The quantitative estimate of drug-likeness (QED) is 0.0421. The van der Waals surface area contributed by atoms with Crippen LogP contribution in [0.3, 0.4) is 0 Å². The average Bonchev–Trinajstić information content (AvgIpc) is 3.31. The van der Waals surface area contributed by atoms with Gasteiger partial charge >= 0.3 is 0 Å². The van der Waals surface area contributed by atoms with Crippen LogP contribution in [0.25, 0.3) is 0 Å². The van der Waals surface area contributed by atoms with E-state index < -0.39 is 12.1 Å². The van der Waals surface area contributed by atoms with Crippen LogP contribution < -0.4 is 5.32 Å². The van der Waals surface area contributed by atoms with E-state index >= 15 is 0 Å². The molecular weight excluding hydrogens is 795 g/mol. The second-order valence-corrected chi connectivity index (χ2v) is 18.2. The molecule has 2 atom stereocenters. The highest BCUT2D eigenvalue weighted by atomic mass is 16.3. The SMILES string of the molecule is CC/C=C\C/C=C\C/C=C\C/C=C\C/C=C\C/C=C\CCCCCCCCCCCCC(=O)NC(CO)C(O)/C=C/CC/C=C/CC/C=C/CCCCCCCCCCCCCCCC. The highest BCUT2D eigenvalue weighted by Crippen LogP contribution is 2.15. The minimum Gasteiger partial charge on any atom is -0.394 e. The lowest BCUT2D eigenvalue weighted by atomic mass is 10.0. The molecule has 1 amide bonds.